The van der Waals surface area contributed by atoms with Crippen molar-refractivity contribution in [1.82, 2.24) is 5.32 Å². The molecule has 0 heterocycles. The Hall–Kier alpha value is -2.52. The molecule has 0 saturated carbocycles. The molecule has 0 rings (SSSR count). The molecule has 324 valence electrons. The Bertz CT molecular complexity index is 1090. The summed E-state index contributed by atoms with van der Waals surface area (Å²) >= 11 is 0. The molecule has 0 saturated heterocycles. The second kappa shape index (κ2) is 27.2. The van der Waals surface area contributed by atoms with Gasteiger partial charge in [0, 0.05) is 25.5 Å². The summed E-state index contributed by atoms with van der Waals surface area (Å²) < 4.78 is 44.5. The number of nitrogens with one attached hydrogen (secondary N) is 1. The van der Waals surface area contributed by atoms with Gasteiger partial charge in [-0.3, -0.25) is 19.2 Å². The van der Waals surface area contributed by atoms with Gasteiger partial charge in [-0.1, -0.05) is 34.6 Å². The predicted octanol–water partition coefficient (Wildman–Crippen LogP) is 1.66. The average molecular weight is 800 g/mol. The number of esters is 2. The molecule has 3 unspecified atom stereocenters. The SMILES string of the molecule is CCC(CO)O[C@@H](CO)OCC(CO)O[C@@H](COC(=O)CC(C)(C)CCC(=O)NC(C)(C)C)OCC(CO)O[C@@H](COC(=O)CC(C)(C)CCC(=O)O)OC. The summed E-state index contributed by atoms with van der Waals surface area (Å²) in [6.45, 7) is 11.1. The van der Waals surface area contributed by atoms with E-state index in [-0.39, 0.29) is 64.4 Å². The van der Waals surface area contributed by atoms with E-state index in [1.165, 1.54) is 7.11 Å². The Morgan fingerprint density at radius 3 is 1.45 bits per heavy atom. The number of carboxylic acids is 1. The molecule has 0 aliphatic rings. The first-order valence-corrected chi connectivity index (χ1v) is 18.6. The number of ether oxygens (including phenoxy) is 8. The third-order valence-electron chi connectivity index (χ3n) is 8.01. The molecule has 18 nitrogen and oxygen atoms in total. The van der Waals surface area contributed by atoms with Gasteiger partial charge in [0.05, 0.1) is 58.6 Å². The third kappa shape index (κ3) is 26.9. The van der Waals surface area contributed by atoms with Gasteiger partial charge in [-0.15, -0.1) is 0 Å². The molecule has 0 aliphatic heterocycles. The number of hydrogen-bond donors (Lipinski definition) is 6. The van der Waals surface area contributed by atoms with Crippen LogP contribution in [0.4, 0.5) is 0 Å². The Kier molecular flexibility index (Phi) is 25.9. The fraction of sp³-hybridized carbons (Fsp3) is 0.892. The molecule has 0 aliphatic carbocycles. The van der Waals surface area contributed by atoms with E-state index in [1.54, 1.807) is 20.8 Å². The first-order chi connectivity index (χ1) is 25.6. The lowest BCUT2D eigenvalue weighted by molar-refractivity contribution is -0.254. The van der Waals surface area contributed by atoms with Crippen molar-refractivity contribution in [1.29, 1.82) is 0 Å². The monoisotopic (exact) mass is 799 g/mol. The fourth-order valence-electron chi connectivity index (χ4n) is 4.80. The van der Waals surface area contributed by atoms with Gasteiger partial charge >= 0.3 is 17.9 Å². The van der Waals surface area contributed by atoms with E-state index in [9.17, 15) is 39.6 Å². The maximum atomic E-state index is 12.9. The Balaban J connectivity index is 5.59. The number of aliphatic carboxylic acids is 1. The lowest BCUT2D eigenvalue weighted by Crippen LogP contribution is -2.41. The Morgan fingerprint density at radius 2 is 1.04 bits per heavy atom. The molecule has 0 fully saturated rings. The smallest absolute Gasteiger partial charge is 0.306 e. The van der Waals surface area contributed by atoms with Crippen LogP contribution in [0.3, 0.4) is 0 Å². The molecule has 6 N–H and O–H groups in total. The molecular weight excluding hydrogens is 730 g/mol. The first kappa shape index (κ1) is 52.5. The van der Waals surface area contributed by atoms with Crippen LogP contribution in [-0.2, 0) is 57.1 Å². The largest absolute Gasteiger partial charge is 0.481 e. The molecule has 0 aromatic heterocycles. The molecule has 0 spiro atoms. The van der Waals surface area contributed by atoms with Crippen LogP contribution >= 0.6 is 0 Å². The van der Waals surface area contributed by atoms with Crippen LogP contribution in [0.25, 0.3) is 0 Å². The molecule has 6 atom stereocenters. The second-order valence-corrected chi connectivity index (χ2v) is 15.8. The number of amides is 1. The number of aliphatic hydroxyl groups excluding tert-OH is 4. The number of carbonyl (C=O) groups excluding carboxylic acids is 3. The quantitative estimate of drug-likeness (QED) is 0.0418. The second-order valence-electron chi connectivity index (χ2n) is 15.8. The van der Waals surface area contributed by atoms with E-state index in [1.807, 2.05) is 34.6 Å². The van der Waals surface area contributed by atoms with Gasteiger partial charge in [-0.2, -0.15) is 0 Å². The van der Waals surface area contributed by atoms with Crippen molar-refractivity contribution in [2.45, 2.75) is 143 Å². The van der Waals surface area contributed by atoms with Crippen molar-refractivity contribution in [2.75, 3.05) is 60.0 Å². The van der Waals surface area contributed by atoms with Gasteiger partial charge < -0.3 is 68.7 Å². The van der Waals surface area contributed by atoms with Crippen LogP contribution in [0.2, 0.25) is 0 Å². The highest BCUT2D eigenvalue weighted by atomic mass is 16.7. The Morgan fingerprint density at radius 1 is 0.600 bits per heavy atom. The standard InChI is InChI=1S/C37H69NO17/c1-10-25(17-39)53-32(20-42)51-21-27(19-41)55-34(24-50-31(47)15-36(5,6)13-11-28(43)38-35(2,3)4)52-22-26(18-40)54-33(48-9)23-49-30(46)16-37(7,8)14-12-29(44)45/h25-27,32-34,39-42H,10-24H2,1-9H3,(H,38,43)(H,44,45)/t25?,26?,27?,32-,33-,34-/m0/s1. The van der Waals surface area contributed by atoms with Gasteiger partial charge in [0.1, 0.15) is 25.4 Å². The van der Waals surface area contributed by atoms with Gasteiger partial charge in [0.2, 0.25) is 5.91 Å². The van der Waals surface area contributed by atoms with Crippen molar-refractivity contribution < 1.29 is 82.6 Å². The van der Waals surface area contributed by atoms with Crippen LogP contribution in [-0.4, -0.2) is 152 Å². The van der Waals surface area contributed by atoms with Crippen LogP contribution in [0.1, 0.15) is 100 Å². The number of methoxy groups -OCH3 is 1. The van der Waals surface area contributed by atoms with E-state index in [4.69, 9.17) is 43.0 Å². The highest BCUT2D eigenvalue weighted by Crippen LogP contribution is 2.28. The first-order valence-electron chi connectivity index (χ1n) is 18.6. The summed E-state index contributed by atoms with van der Waals surface area (Å²) in [5, 5.41) is 51.0. The van der Waals surface area contributed by atoms with Gasteiger partial charge in [0.15, 0.2) is 18.9 Å². The lowest BCUT2D eigenvalue weighted by atomic mass is 9.84. The third-order valence-corrected chi connectivity index (χ3v) is 8.01. The van der Waals surface area contributed by atoms with Crippen LogP contribution in [0, 0.1) is 10.8 Å². The summed E-state index contributed by atoms with van der Waals surface area (Å²) in [6.07, 6.45) is -5.19. The molecule has 0 bridgehead atoms. The van der Waals surface area contributed by atoms with Crippen molar-refractivity contribution in [3.8, 4) is 0 Å². The molecule has 0 aromatic carbocycles. The van der Waals surface area contributed by atoms with E-state index < -0.39 is 97.9 Å². The number of hydrogen-bond acceptors (Lipinski definition) is 16. The Labute approximate surface area is 325 Å². The molecular formula is C37H69NO17. The molecule has 0 aromatic rings. The van der Waals surface area contributed by atoms with E-state index >= 15 is 0 Å². The predicted molar refractivity (Wildman–Crippen MR) is 196 cm³/mol. The van der Waals surface area contributed by atoms with Crippen LogP contribution < -0.4 is 5.32 Å². The summed E-state index contributed by atoms with van der Waals surface area (Å²) in [4.78, 5) is 48.7. The summed E-state index contributed by atoms with van der Waals surface area (Å²) in [6, 6.07) is 0. The molecule has 0 radical (unpaired) electrons. The van der Waals surface area contributed by atoms with Crippen LogP contribution in [0.15, 0.2) is 0 Å². The van der Waals surface area contributed by atoms with Gasteiger partial charge in [0.25, 0.3) is 0 Å². The minimum absolute atomic E-state index is 0.0403. The zero-order valence-corrected chi connectivity index (χ0v) is 34.2. The summed E-state index contributed by atoms with van der Waals surface area (Å²) in [7, 11) is 1.30. The zero-order valence-electron chi connectivity index (χ0n) is 34.2. The highest BCUT2D eigenvalue weighted by molar-refractivity contribution is 5.77. The maximum absolute atomic E-state index is 12.9. The summed E-state index contributed by atoms with van der Waals surface area (Å²) in [5.74, 6) is -2.33. The summed E-state index contributed by atoms with van der Waals surface area (Å²) in [5.41, 5.74) is -1.62. The fourth-order valence-corrected chi connectivity index (χ4v) is 4.80. The molecule has 55 heavy (non-hydrogen) atoms. The van der Waals surface area contributed by atoms with E-state index in [0.29, 0.717) is 12.8 Å². The van der Waals surface area contributed by atoms with E-state index in [0.717, 1.165) is 0 Å². The van der Waals surface area contributed by atoms with Crippen molar-refractivity contribution in [2.24, 2.45) is 10.8 Å². The number of aliphatic hydroxyl groups is 4. The van der Waals surface area contributed by atoms with Gasteiger partial charge in [-0.25, -0.2) is 0 Å². The van der Waals surface area contributed by atoms with Gasteiger partial charge in [-0.05, 0) is 50.9 Å². The lowest BCUT2D eigenvalue weighted by Gasteiger charge is -2.29. The van der Waals surface area contributed by atoms with E-state index in [2.05, 4.69) is 5.32 Å². The topological polar surface area (TPSA) is 255 Å². The maximum Gasteiger partial charge on any atom is 0.306 e. The molecule has 18 heteroatoms. The van der Waals surface area contributed by atoms with Crippen molar-refractivity contribution in [3.05, 3.63) is 0 Å². The van der Waals surface area contributed by atoms with Crippen LogP contribution in [0.5, 0.6) is 0 Å². The number of carboxylic acid groups (broad SMARTS) is 1. The highest BCUT2D eigenvalue weighted by Gasteiger charge is 2.29. The minimum Gasteiger partial charge on any atom is -0.481 e. The number of rotatable bonds is 32. The van der Waals surface area contributed by atoms with Crippen molar-refractivity contribution >= 4 is 23.8 Å². The van der Waals surface area contributed by atoms with Crippen molar-refractivity contribution in [3.63, 3.8) is 0 Å². The zero-order chi connectivity index (χ0) is 42.2. The molecule has 1 amide bonds. The normalized spacial score (nSPS) is 15.7. The average Bonchev–Trinajstić information content (AvgIpc) is 3.10. The number of carbonyl (C=O) groups is 4. The minimum atomic E-state index is -1.33.